The summed E-state index contributed by atoms with van der Waals surface area (Å²) in [5, 5.41) is 14.2. The smallest absolute Gasteiger partial charge is 0.280 e. The summed E-state index contributed by atoms with van der Waals surface area (Å²) >= 11 is 0. The number of hydrogen-bond donors (Lipinski definition) is 1. The van der Waals surface area contributed by atoms with Gasteiger partial charge in [0.1, 0.15) is 0 Å². The van der Waals surface area contributed by atoms with E-state index in [9.17, 15) is 14.9 Å². The predicted molar refractivity (Wildman–Crippen MR) is 76.0 cm³/mol. The van der Waals surface area contributed by atoms with Gasteiger partial charge in [-0.2, -0.15) is 0 Å². The van der Waals surface area contributed by atoms with Gasteiger partial charge in [-0.15, -0.1) is 0 Å². The molecule has 0 saturated carbocycles. The number of nitro groups is 1. The van der Waals surface area contributed by atoms with Crippen LogP contribution in [-0.2, 0) is 0 Å². The number of hydrogen-bond acceptors (Lipinski definition) is 5. The second-order valence-electron chi connectivity index (χ2n) is 4.89. The fourth-order valence-corrected chi connectivity index (χ4v) is 2.40. The van der Waals surface area contributed by atoms with Gasteiger partial charge in [0.15, 0.2) is 5.78 Å². The SMILES string of the molecule is O=C(CCCN1CCNCC1)c1ccccc1[N+](=O)[O-]. The molecule has 6 heteroatoms. The lowest BCUT2D eigenvalue weighted by Crippen LogP contribution is -2.43. The normalized spacial score (nSPS) is 16.0. The lowest BCUT2D eigenvalue weighted by molar-refractivity contribution is -0.385. The number of Topliss-reactive ketones (excluding diaryl/α,β-unsaturated/α-hetero) is 1. The minimum Gasteiger partial charge on any atom is -0.314 e. The number of benzene rings is 1. The maximum absolute atomic E-state index is 12.1. The number of nitrogens with zero attached hydrogens (tertiary/aromatic N) is 2. The molecule has 1 saturated heterocycles. The lowest BCUT2D eigenvalue weighted by Gasteiger charge is -2.26. The number of para-hydroxylation sites is 1. The third kappa shape index (κ3) is 3.85. The van der Waals surface area contributed by atoms with E-state index in [0.717, 1.165) is 39.1 Å². The van der Waals surface area contributed by atoms with Crippen LogP contribution < -0.4 is 5.32 Å². The first-order valence-electron chi connectivity index (χ1n) is 6.88. The Labute approximate surface area is 117 Å². The van der Waals surface area contributed by atoms with E-state index in [2.05, 4.69) is 10.2 Å². The zero-order valence-electron chi connectivity index (χ0n) is 11.4. The van der Waals surface area contributed by atoms with Crippen molar-refractivity contribution in [1.29, 1.82) is 0 Å². The van der Waals surface area contributed by atoms with Crippen LogP contribution in [0.4, 0.5) is 5.69 Å². The van der Waals surface area contributed by atoms with Crippen LogP contribution in [0.15, 0.2) is 24.3 Å². The summed E-state index contributed by atoms with van der Waals surface area (Å²) in [5.74, 6) is -0.146. The predicted octanol–water partition coefficient (Wildman–Crippen LogP) is 1.46. The molecule has 6 nitrogen and oxygen atoms in total. The third-order valence-corrected chi connectivity index (χ3v) is 3.49. The molecule has 0 aromatic heterocycles. The molecule has 1 fully saturated rings. The molecule has 0 spiro atoms. The molecule has 1 aromatic rings. The van der Waals surface area contributed by atoms with E-state index in [1.54, 1.807) is 12.1 Å². The Hall–Kier alpha value is -1.79. The van der Waals surface area contributed by atoms with Crippen LogP contribution in [0.25, 0.3) is 0 Å². The highest BCUT2D eigenvalue weighted by Crippen LogP contribution is 2.19. The summed E-state index contributed by atoms with van der Waals surface area (Å²) < 4.78 is 0. The minimum atomic E-state index is -0.496. The molecule has 0 aliphatic carbocycles. The molecule has 1 aromatic carbocycles. The van der Waals surface area contributed by atoms with Gasteiger partial charge in [0, 0.05) is 38.7 Å². The van der Waals surface area contributed by atoms with E-state index in [1.807, 2.05) is 0 Å². The van der Waals surface area contributed by atoms with Crippen molar-refractivity contribution in [2.45, 2.75) is 12.8 Å². The summed E-state index contributed by atoms with van der Waals surface area (Å²) in [7, 11) is 0. The minimum absolute atomic E-state index is 0.0975. The van der Waals surface area contributed by atoms with Crippen molar-refractivity contribution in [1.82, 2.24) is 10.2 Å². The summed E-state index contributed by atoms with van der Waals surface area (Å²) in [4.78, 5) is 24.8. The number of rotatable bonds is 6. The number of ketones is 1. The van der Waals surface area contributed by atoms with Crippen LogP contribution in [-0.4, -0.2) is 48.3 Å². The first kappa shape index (κ1) is 14.6. The fraction of sp³-hybridized carbons (Fsp3) is 0.500. The van der Waals surface area contributed by atoms with Gasteiger partial charge < -0.3 is 10.2 Å². The molecule has 20 heavy (non-hydrogen) atoms. The van der Waals surface area contributed by atoms with Crippen molar-refractivity contribution < 1.29 is 9.72 Å². The van der Waals surface area contributed by atoms with Gasteiger partial charge in [-0.1, -0.05) is 12.1 Å². The van der Waals surface area contributed by atoms with Gasteiger partial charge in [0.25, 0.3) is 5.69 Å². The molecule has 1 heterocycles. The highest BCUT2D eigenvalue weighted by Gasteiger charge is 2.19. The van der Waals surface area contributed by atoms with Gasteiger partial charge in [-0.25, -0.2) is 0 Å². The number of nitrogens with one attached hydrogen (secondary N) is 1. The molecular formula is C14H19N3O3. The van der Waals surface area contributed by atoms with Crippen LogP contribution in [0, 0.1) is 10.1 Å². The van der Waals surface area contributed by atoms with Crippen molar-refractivity contribution in [3.63, 3.8) is 0 Å². The average molecular weight is 277 g/mol. The second-order valence-corrected chi connectivity index (χ2v) is 4.89. The highest BCUT2D eigenvalue weighted by atomic mass is 16.6. The van der Waals surface area contributed by atoms with Crippen LogP contribution in [0.1, 0.15) is 23.2 Å². The molecule has 0 unspecified atom stereocenters. The Morgan fingerprint density at radius 3 is 2.70 bits per heavy atom. The maximum atomic E-state index is 12.1. The van der Waals surface area contributed by atoms with Gasteiger partial charge in [-0.3, -0.25) is 14.9 Å². The van der Waals surface area contributed by atoms with Gasteiger partial charge in [0.05, 0.1) is 10.5 Å². The molecule has 108 valence electrons. The van der Waals surface area contributed by atoms with Crippen molar-refractivity contribution in [3.8, 4) is 0 Å². The van der Waals surface area contributed by atoms with Gasteiger partial charge in [0.2, 0.25) is 0 Å². The zero-order valence-corrected chi connectivity index (χ0v) is 11.4. The number of piperazine rings is 1. The molecule has 2 rings (SSSR count). The van der Waals surface area contributed by atoms with Gasteiger partial charge >= 0.3 is 0 Å². The van der Waals surface area contributed by atoms with Crippen LogP contribution >= 0.6 is 0 Å². The standard InChI is InChI=1S/C14H19N3O3/c18-14(6-3-9-16-10-7-15-8-11-16)12-4-1-2-5-13(12)17(19)20/h1-2,4-5,15H,3,6-11H2. The molecule has 1 aliphatic heterocycles. The first-order valence-corrected chi connectivity index (χ1v) is 6.88. The molecule has 0 radical (unpaired) electrons. The molecular weight excluding hydrogens is 258 g/mol. The van der Waals surface area contributed by atoms with Crippen molar-refractivity contribution in [3.05, 3.63) is 39.9 Å². The summed E-state index contributed by atoms with van der Waals surface area (Å²) in [6, 6.07) is 6.15. The maximum Gasteiger partial charge on any atom is 0.280 e. The molecule has 1 aliphatic rings. The average Bonchev–Trinajstić information content (AvgIpc) is 2.48. The van der Waals surface area contributed by atoms with E-state index < -0.39 is 4.92 Å². The first-order chi connectivity index (χ1) is 9.68. The van der Waals surface area contributed by atoms with Crippen molar-refractivity contribution in [2.75, 3.05) is 32.7 Å². The van der Waals surface area contributed by atoms with Crippen LogP contribution in [0.2, 0.25) is 0 Å². The zero-order chi connectivity index (χ0) is 14.4. The molecule has 0 atom stereocenters. The Bertz CT molecular complexity index is 484. The van der Waals surface area contributed by atoms with Crippen LogP contribution in [0.3, 0.4) is 0 Å². The number of carbonyl (C=O) groups is 1. The van der Waals surface area contributed by atoms with E-state index in [4.69, 9.17) is 0 Å². The summed E-state index contributed by atoms with van der Waals surface area (Å²) in [6.07, 6.45) is 1.10. The Morgan fingerprint density at radius 1 is 1.30 bits per heavy atom. The van der Waals surface area contributed by atoms with Crippen molar-refractivity contribution in [2.24, 2.45) is 0 Å². The molecule has 0 bridgehead atoms. The number of nitro benzene ring substituents is 1. The Morgan fingerprint density at radius 2 is 2.00 bits per heavy atom. The van der Waals surface area contributed by atoms with Gasteiger partial charge in [-0.05, 0) is 19.0 Å². The summed E-state index contributed by atoms with van der Waals surface area (Å²) in [5.41, 5.74) is 0.123. The number of carbonyl (C=O) groups excluding carboxylic acids is 1. The van der Waals surface area contributed by atoms with E-state index in [1.165, 1.54) is 12.1 Å². The topological polar surface area (TPSA) is 75.5 Å². The summed E-state index contributed by atoms with van der Waals surface area (Å²) in [6.45, 7) is 4.84. The van der Waals surface area contributed by atoms with E-state index >= 15 is 0 Å². The monoisotopic (exact) mass is 277 g/mol. The third-order valence-electron chi connectivity index (χ3n) is 3.49. The fourth-order valence-electron chi connectivity index (χ4n) is 2.40. The van der Waals surface area contributed by atoms with E-state index in [-0.39, 0.29) is 17.0 Å². The van der Waals surface area contributed by atoms with Crippen molar-refractivity contribution >= 4 is 11.5 Å². The molecule has 1 N–H and O–H groups in total. The lowest BCUT2D eigenvalue weighted by atomic mass is 10.0. The molecule has 0 amide bonds. The van der Waals surface area contributed by atoms with E-state index in [0.29, 0.717) is 6.42 Å². The largest absolute Gasteiger partial charge is 0.314 e. The highest BCUT2D eigenvalue weighted by molar-refractivity contribution is 5.99. The Kier molecular flexibility index (Phi) is 5.20. The second kappa shape index (κ2) is 7.12. The Balaban J connectivity index is 1.87. The van der Waals surface area contributed by atoms with Crippen LogP contribution in [0.5, 0.6) is 0 Å². The quantitative estimate of drug-likeness (QED) is 0.484.